The Labute approximate surface area is 184 Å². The number of anilines is 1. The van der Waals surface area contributed by atoms with Gasteiger partial charge in [0.25, 0.3) is 0 Å². The van der Waals surface area contributed by atoms with Gasteiger partial charge in [-0.15, -0.1) is 11.3 Å². The van der Waals surface area contributed by atoms with E-state index in [-0.39, 0.29) is 42.5 Å². The summed E-state index contributed by atoms with van der Waals surface area (Å²) in [4.78, 5) is 39.3. The first-order valence-electron chi connectivity index (χ1n) is 9.51. The number of thiazole rings is 1. The third kappa shape index (κ3) is 8.83. The summed E-state index contributed by atoms with van der Waals surface area (Å²) in [5.74, 6) is -1.60. The van der Waals surface area contributed by atoms with Crippen molar-refractivity contribution in [2.45, 2.75) is 33.3 Å². The van der Waals surface area contributed by atoms with Crippen molar-refractivity contribution < 1.29 is 29.0 Å². The number of carbonyl (C=O) groups excluding carboxylic acids is 2. The van der Waals surface area contributed by atoms with E-state index in [9.17, 15) is 19.5 Å². The summed E-state index contributed by atoms with van der Waals surface area (Å²) < 4.78 is 10.2. The molecule has 2 rings (SSSR count). The molecule has 0 unspecified atom stereocenters. The molecule has 1 heterocycles. The van der Waals surface area contributed by atoms with Crippen molar-refractivity contribution in [3.05, 3.63) is 64.7 Å². The van der Waals surface area contributed by atoms with E-state index in [1.54, 1.807) is 6.08 Å². The summed E-state index contributed by atoms with van der Waals surface area (Å²) in [5.41, 5.74) is 2.01. The molecule has 2 N–H and O–H groups in total. The molecule has 2 aromatic rings. The van der Waals surface area contributed by atoms with Gasteiger partial charge in [0.1, 0.15) is 13.2 Å². The van der Waals surface area contributed by atoms with Crippen LogP contribution < -0.4 is 5.32 Å². The van der Waals surface area contributed by atoms with Crippen molar-refractivity contribution in [1.29, 1.82) is 0 Å². The molecule has 0 saturated heterocycles. The van der Waals surface area contributed by atoms with Crippen LogP contribution in [-0.4, -0.2) is 34.7 Å². The van der Waals surface area contributed by atoms with Crippen LogP contribution in [0.25, 0.3) is 5.57 Å². The fraction of sp³-hybridized carbons (Fsp3) is 0.273. The average molecular weight is 445 g/mol. The van der Waals surface area contributed by atoms with Crippen molar-refractivity contribution in [3.8, 4) is 0 Å². The van der Waals surface area contributed by atoms with Crippen molar-refractivity contribution in [2.75, 3.05) is 11.9 Å². The van der Waals surface area contributed by atoms with Gasteiger partial charge in [-0.1, -0.05) is 42.0 Å². The fourth-order valence-electron chi connectivity index (χ4n) is 2.31. The number of aliphatic carboxylic acids is 1. The first kappa shape index (κ1) is 23.8. The Kier molecular flexibility index (Phi) is 9.44. The van der Waals surface area contributed by atoms with E-state index in [0.29, 0.717) is 0 Å². The molecule has 164 valence electrons. The summed E-state index contributed by atoms with van der Waals surface area (Å²) in [5, 5.41) is 13.7. The molecule has 0 bridgehead atoms. The van der Waals surface area contributed by atoms with Crippen LogP contribution in [0.2, 0.25) is 0 Å². The van der Waals surface area contributed by atoms with E-state index in [1.165, 1.54) is 11.5 Å². The topological polar surface area (TPSA) is 115 Å². The maximum Gasteiger partial charge on any atom is 0.413 e. The molecule has 1 aromatic heterocycles. The van der Waals surface area contributed by atoms with Crippen LogP contribution in [0.15, 0.2) is 53.4 Å². The zero-order valence-electron chi connectivity index (χ0n) is 17.3. The van der Waals surface area contributed by atoms with Crippen molar-refractivity contribution in [2.24, 2.45) is 0 Å². The fourth-order valence-corrected chi connectivity index (χ4v) is 3.01. The van der Waals surface area contributed by atoms with Crippen molar-refractivity contribution in [1.82, 2.24) is 4.98 Å². The maximum absolute atomic E-state index is 11.9. The normalized spacial score (nSPS) is 10.8. The summed E-state index contributed by atoms with van der Waals surface area (Å²) in [6, 6.07) is 9.20. The highest BCUT2D eigenvalue weighted by Crippen LogP contribution is 2.23. The summed E-state index contributed by atoms with van der Waals surface area (Å²) in [6.07, 6.45) is 2.75. The second-order valence-electron chi connectivity index (χ2n) is 6.65. The van der Waals surface area contributed by atoms with Gasteiger partial charge >= 0.3 is 18.0 Å². The molecule has 0 saturated carbocycles. The first-order chi connectivity index (χ1) is 14.8. The Morgan fingerprint density at radius 1 is 1.13 bits per heavy atom. The molecule has 0 aliphatic carbocycles. The second-order valence-corrected chi connectivity index (χ2v) is 7.51. The Morgan fingerprint density at radius 2 is 1.87 bits per heavy atom. The van der Waals surface area contributed by atoms with Crippen LogP contribution in [0.4, 0.5) is 9.93 Å². The minimum Gasteiger partial charge on any atom is -0.478 e. The number of benzene rings is 1. The number of nitrogens with zero attached hydrogens (tertiary/aromatic N) is 1. The van der Waals surface area contributed by atoms with Crippen LogP contribution >= 0.6 is 11.3 Å². The first-order valence-corrected chi connectivity index (χ1v) is 10.4. The predicted molar refractivity (Wildman–Crippen MR) is 118 cm³/mol. The highest BCUT2D eigenvalue weighted by Gasteiger charge is 2.16. The summed E-state index contributed by atoms with van der Waals surface area (Å²) in [6.45, 7) is 4.10. The minimum absolute atomic E-state index is 0.0500. The lowest BCUT2D eigenvalue weighted by molar-refractivity contribution is -0.142. The molecule has 0 aliphatic rings. The SMILES string of the molecule is CC(C)=CCOC(=O)CCC=C(C(=O)O)c1csc(NC(=O)OCc2ccccc2)n1. The van der Waals surface area contributed by atoms with Crippen LogP contribution in [0.3, 0.4) is 0 Å². The Morgan fingerprint density at radius 3 is 2.55 bits per heavy atom. The average Bonchev–Trinajstić information content (AvgIpc) is 3.17. The molecule has 9 heteroatoms. The standard InChI is InChI=1S/C22H24N2O6S/c1-15(2)11-12-29-19(25)10-6-9-17(20(26)27)18-14-31-21(23-18)24-22(28)30-13-16-7-4-3-5-8-16/h3-5,7-9,11,14H,6,10,12-13H2,1-2H3,(H,26,27)(H,23,24,28). The number of rotatable bonds is 10. The van der Waals surface area contributed by atoms with E-state index in [4.69, 9.17) is 9.47 Å². The van der Waals surface area contributed by atoms with E-state index in [0.717, 1.165) is 22.5 Å². The van der Waals surface area contributed by atoms with Gasteiger partial charge in [-0.25, -0.2) is 14.6 Å². The lowest BCUT2D eigenvalue weighted by atomic mass is 10.1. The number of aromatic nitrogens is 1. The Balaban J connectivity index is 1.88. The van der Waals surface area contributed by atoms with Crippen molar-refractivity contribution >= 4 is 40.1 Å². The molecule has 1 aromatic carbocycles. The predicted octanol–water partition coefficient (Wildman–Crippen LogP) is 4.65. The Hall–Kier alpha value is -3.46. The number of nitrogens with one attached hydrogen (secondary N) is 1. The van der Waals surface area contributed by atoms with Crippen LogP contribution in [0, 0.1) is 0 Å². The van der Waals surface area contributed by atoms with Gasteiger partial charge in [0.2, 0.25) is 0 Å². The van der Waals surface area contributed by atoms with Crippen LogP contribution in [0.5, 0.6) is 0 Å². The number of esters is 1. The number of carbonyl (C=O) groups is 3. The van der Waals surface area contributed by atoms with Crippen LogP contribution in [0.1, 0.15) is 37.9 Å². The number of amides is 1. The number of allylic oxidation sites excluding steroid dienone is 2. The molecular formula is C22H24N2O6S. The van der Waals surface area contributed by atoms with Gasteiger partial charge in [0, 0.05) is 11.8 Å². The molecule has 0 spiro atoms. The maximum atomic E-state index is 11.9. The number of hydrogen-bond donors (Lipinski definition) is 2. The largest absolute Gasteiger partial charge is 0.478 e. The minimum atomic E-state index is -1.18. The highest BCUT2D eigenvalue weighted by molar-refractivity contribution is 7.14. The lowest BCUT2D eigenvalue weighted by Crippen LogP contribution is -2.13. The van der Waals surface area contributed by atoms with E-state index in [1.807, 2.05) is 44.2 Å². The quantitative estimate of drug-likeness (QED) is 0.311. The number of ether oxygens (including phenoxy) is 2. The van der Waals surface area contributed by atoms with Gasteiger partial charge in [-0.05, 0) is 31.9 Å². The van der Waals surface area contributed by atoms with Gasteiger partial charge in [-0.3, -0.25) is 10.1 Å². The molecule has 1 amide bonds. The molecule has 0 fully saturated rings. The van der Waals surface area contributed by atoms with Crippen LogP contribution in [-0.2, 0) is 25.7 Å². The summed E-state index contributed by atoms with van der Waals surface area (Å²) >= 11 is 1.07. The molecule has 8 nitrogen and oxygen atoms in total. The van der Waals surface area contributed by atoms with E-state index < -0.39 is 18.0 Å². The molecule has 0 radical (unpaired) electrons. The molecular weight excluding hydrogens is 420 g/mol. The summed E-state index contributed by atoms with van der Waals surface area (Å²) in [7, 11) is 0. The Bertz CT molecular complexity index is 961. The lowest BCUT2D eigenvalue weighted by Gasteiger charge is -2.04. The third-order valence-electron chi connectivity index (χ3n) is 3.87. The molecule has 31 heavy (non-hydrogen) atoms. The number of carboxylic acids is 1. The monoisotopic (exact) mass is 444 g/mol. The molecule has 0 atom stereocenters. The number of hydrogen-bond acceptors (Lipinski definition) is 7. The van der Waals surface area contributed by atoms with Gasteiger partial charge in [-0.2, -0.15) is 0 Å². The van der Waals surface area contributed by atoms with Gasteiger partial charge in [0.05, 0.1) is 11.3 Å². The zero-order chi connectivity index (χ0) is 22.6. The van der Waals surface area contributed by atoms with Gasteiger partial charge < -0.3 is 14.6 Å². The smallest absolute Gasteiger partial charge is 0.413 e. The second kappa shape index (κ2) is 12.3. The van der Waals surface area contributed by atoms with E-state index >= 15 is 0 Å². The van der Waals surface area contributed by atoms with E-state index in [2.05, 4.69) is 10.3 Å². The number of carboxylic acid groups (broad SMARTS) is 1. The van der Waals surface area contributed by atoms with Gasteiger partial charge in [0.15, 0.2) is 5.13 Å². The van der Waals surface area contributed by atoms with Crippen molar-refractivity contribution in [3.63, 3.8) is 0 Å². The third-order valence-corrected chi connectivity index (χ3v) is 4.62. The molecule has 0 aliphatic heterocycles. The highest BCUT2D eigenvalue weighted by atomic mass is 32.1. The zero-order valence-corrected chi connectivity index (χ0v) is 18.1.